The Balaban J connectivity index is 1.82. The molecule has 2 heterocycles. The predicted molar refractivity (Wildman–Crippen MR) is 63.6 cm³/mol. The fourth-order valence-corrected chi connectivity index (χ4v) is 2.59. The van der Waals surface area contributed by atoms with Crippen LogP contribution in [0.25, 0.3) is 0 Å². The lowest BCUT2D eigenvalue weighted by Crippen LogP contribution is -2.58. The Morgan fingerprint density at radius 3 is 2.53 bits per heavy atom. The van der Waals surface area contributed by atoms with Crippen LogP contribution in [0.2, 0.25) is 0 Å². The van der Waals surface area contributed by atoms with E-state index in [0.29, 0.717) is 5.92 Å². The number of piperidine rings is 1. The first-order chi connectivity index (χ1) is 7.24. The largest absolute Gasteiger partial charge is 0.309 e. The monoisotopic (exact) mass is 206 g/mol. The van der Waals surface area contributed by atoms with Crippen LogP contribution in [0.3, 0.4) is 0 Å². The molecule has 2 saturated heterocycles. The van der Waals surface area contributed by atoms with E-state index in [-0.39, 0.29) is 0 Å². The molecule has 0 aromatic heterocycles. The van der Waals surface area contributed by atoms with Crippen molar-refractivity contribution in [2.24, 2.45) is 5.92 Å². The number of nitrogens with zero attached hydrogens (tertiary/aromatic N) is 1. The Kier molecular flexibility index (Phi) is 3.66. The molecule has 2 aliphatic rings. The first kappa shape index (κ1) is 11.0. The van der Waals surface area contributed by atoms with E-state index in [4.69, 9.17) is 0 Å². The third kappa shape index (κ3) is 3.22. The maximum atomic E-state index is 3.69. The van der Waals surface area contributed by atoms with E-state index in [0.717, 1.165) is 18.6 Å². The summed E-state index contributed by atoms with van der Waals surface area (Å²) in [6, 6.07) is 1.47. The minimum absolute atomic E-state index is 0.507. The number of fused-ring (bicyclic) bond motifs is 2. The molecule has 2 unspecified atom stereocenters. The maximum Gasteiger partial charge on any atom is 0.0602 e. The van der Waals surface area contributed by atoms with Gasteiger partial charge >= 0.3 is 0 Å². The molecule has 84 valence electrons. The van der Waals surface area contributed by atoms with Crippen LogP contribution in [0, 0.1) is 17.8 Å². The van der Waals surface area contributed by atoms with Crippen molar-refractivity contribution in [1.29, 1.82) is 0 Å². The van der Waals surface area contributed by atoms with Crippen molar-refractivity contribution >= 4 is 0 Å². The zero-order valence-corrected chi connectivity index (χ0v) is 9.92. The summed E-state index contributed by atoms with van der Waals surface area (Å²) < 4.78 is 0. The molecule has 2 atom stereocenters. The predicted octanol–water partition coefficient (Wildman–Crippen LogP) is 1.47. The van der Waals surface area contributed by atoms with Crippen LogP contribution < -0.4 is 5.32 Å². The van der Waals surface area contributed by atoms with Crippen molar-refractivity contribution in [3.63, 3.8) is 0 Å². The lowest BCUT2D eigenvalue weighted by molar-refractivity contribution is 0.138. The molecule has 2 bridgehead atoms. The van der Waals surface area contributed by atoms with E-state index in [1.807, 2.05) is 0 Å². The zero-order chi connectivity index (χ0) is 10.7. The molecule has 15 heavy (non-hydrogen) atoms. The van der Waals surface area contributed by atoms with Crippen LogP contribution >= 0.6 is 0 Å². The van der Waals surface area contributed by atoms with Gasteiger partial charge in [-0.15, -0.1) is 0 Å². The molecule has 1 N–H and O–H groups in total. The molecule has 2 fully saturated rings. The van der Waals surface area contributed by atoms with Crippen molar-refractivity contribution in [3.8, 4) is 11.8 Å². The second-order valence-corrected chi connectivity index (χ2v) is 5.16. The van der Waals surface area contributed by atoms with Crippen LogP contribution in [0.5, 0.6) is 0 Å². The molecule has 0 saturated carbocycles. The molecule has 2 aliphatic heterocycles. The minimum atomic E-state index is 0.507. The highest BCUT2D eigenvalue weighted by molar-refractivity contribution is 5.04. The molecular weight excluding hydrogens is 184 g/mol. The summed E-state index contributed by atoms with van der Waals surface area (Å²) in [6.07, 6.45) is 4.11. The van der Waals surface area contributed by atoms with Crippen molar-refractivity contribution in [2.75, 3.05) is 19.6 Å². The normalized spacial score (nSPS) is 31.1. The Hall–Kier alpha value is -0.520. The van der Waals surface area contributed by atoms with Gasteiger partial charge in [-0.3, -0.25) is 4.90 Å². The molecular formula is C13H22N2. The van der Waals surface area contributed by atoms with Gasteiger partial charge in [0.2, 0.25) is 0 Å². The van der Waals surface area contributed by atoms with Gasteiger partial charge in [0.05, 0.1) is 6.54 Å². The second kappa shape index (κ2) is 5.01. The summed E-state index contributed by atoms with van der Waals surface area (Å²) in [4.78, 5) is 2.51. The summed E-state index contributed by atoms with van der Waals surface area (Å²) in [5.41, 5.74) is 0. The average molecular weight is 206 g/mol. The fourth-order valence-electron chi connectivity index (χ4n) is 2.59. The molecule has 0 amide bonds. The van der Waals surface area contributed by atoms with Gasteiger partial charge in [0.15, 0.2) is 0 Å². The van der Waals surface area contributed by atoms with Crippen molar-refractivity contribution < 1.29 is 0 Å². The second-order valence-electron chi connectivity index (χ2n) is 5.16. The van der Waals surface area contributed by atoms with Gasteiger partial charge in [0.1, 0.15) is 0 Å². The van der Waals surface area contributed by atoms with Crippen LogP contribution in [-0.2, 0) is 0 Å². The van der Waals surface area contributed by atoms with Crippen molar-refractivity contribution in [3.05, 3.63) is 0 Å². The number of nitrogens with one attached hydrogen (secondary N) is 1. The highest BCUT2D eigenvalue weighted by atomic mass is 15.2. The minimum Gasteiger partial charge on any atom is -0.309 e. The van der Waals surface area contributed by atoms with Crippen LogP contribution in [0.1, 0.15) is 33.1 Å². The Labute approximate surface area is 93.4 Å². The van der Waals surface area contributed by atoms with Gasteiger partial charge in [-0.05, 0) is 12.8 Å². The molecule has 2 heteroatoms. The van der Waals surface area contributed by atoms with Gasteiger partial charge in [-0.2, -0.15) is 0 Å². The Morgan fingerprint density at radius 1 is 1.27 bits per heavy atom. The summed E-state index contributed by atoms with van der Waals surface area (Å²) in [7, 11) is 0. The molecule has 0 aromatic carbocycles. The summed E-state index contributed by atoms with van der Waals surface area (Å²) >= 11 is 0. The Morgan fingerprint density at radius 2 is 1.93 bits per heavy atom. The summed E-state index contributed by atoms with van der Waals surface area (Å²) in [6.45, 7) is 7.67. The van der Waals surface area contributed by atoms with Gasteiger partial charge in [-0.25, -0.2) is 0 Å². The molecule has 0 aromatic rings. The zero-order valence-electron chi connectivity index (χ0n) is 9.92. The smallest absolute Gasteiger partial charge is 0.0602 e. The molecule has 2 rings (SSSR count). The average Bonchev–Trinajstić information content (AvgIpc) is 2.16. The maximum absolute atomic E-state index is 3.69. The first-order valence-electron chi connectivity index (χ1n) is 6.21. The van der Waals surface area contributed by atoms with Crippen LogP contribution in [0.4, 0.5) is 0 Å². The third-order valence-electron chi connectivity index (χ3n) is 3.23. The summed E-state index contributed by atoms with van der Waals surface area (Å²) in [5.74, 6) is 7.05. The standard InChI is InChI=1S/C13H22N2/c1-11(2)5-4-8-15-9-12-6-3-7-13(10-15)14-12/h11-14H,3,6-10H2,1-2H3. The van der Waals surface area contributed by atoms with E-state index < -0.39 is 0 Å². The van der Waals surface area contributed by atoms with Crippen LogP contribution in [0.15, 0.2) is 0 Å². The lowest BCUT2D eigenvalue weighted by atomic mass is 9.94. The van der Waals surface area contributed by atoms with E-state index in [1.54, 1.807) is 0 Å². The highest BCUT2D eigenvalue weighted by Gasteiger charge is 2.28. The Bertz CT molecular complexity index is 249. The topological polar surface area (TPSA) is 15.3 Å². The van der Waals surface area contributed by atoms with E-state index in [2.05, 4.69) is 35.9 Å². The van der Waals surface area contributed by atoms with Gasteiger partial charge in [0, 0.05) is 31.1 Å². The number of hydrogen-bond acceptors (Lipinski definition) is 2. The molecule has 0 spiro atoms. The quantitative estimate of drug-likeness (QED) is 0.654. The first-order valence-corrected chi connectivity index (χ1v) is 6.21. The van der Waals surface area contributed by atoms with Crippen LogP contribution in [-0.4, -0.2) is 36.6 Å². The van der Waals surface area contributed by atoms with Gasteiger partial charge in [-0.1, -0.05) is 32.1 Å². The molecule has 0 radical (unpaired) electrons. The summed E-state index contributed by atoms with van der Waals surface area (Å²) in [5, 5.41) is 3.69. The van der Waals surface area contributed by atoms with Crippen molar-refractivity contribution in [1.82, 2.24) is 10.2 Å². The number of likely N-dealkylation sites (tertiary alicyclic amines) is 1. The van der Waals surface area contributed by atoms with Gasteiger partial charge < -0.3 is 5.32 Å². The molecule has 2 nitrogen and oxygen atoms in total. The fraction of sp³-hybridized carbons (Fsp3) is 0.846. The lowest BCUT2D eigenvalue weighted by Gasteiger charge is -2.41. The van der Waals surface area contributed by atoms with E-state index in [1.165, 1.54) is 32.4 Å². The van der Waals surface area contributed by atoms with Crippen molar-refractivity contribution in [2.45, 2.75) is 45.2 Å². The number of rotatable bonds is 1. The SMILES string of the molecule is CC(C)C#CCN1CC2CCCC(C1)N2. The molecule has 0 aliphatic carbocycles. The number of piperazine rings is 1. The van der Waals surface area contributed by atoms with Gasteiger partial charge in [0.25, 0.3) is 0 Å². The number of hydrogen-bond donors (Lipinski definition) is 1. The van der Waals surface area contributed by atoms with E-state index in [9.17, 15) is 0 Å². The third-order valence-corrected chi connectivity index (χ3v) is 3.23. The van der Waals surface area contributed by atoms with E-state index >= 15 is 0 Å². The highest BCUT2D eigenvalue weighted by Crippen LogP contribution is 2.18.